The van der Waals surface area contributed by atoms with Gasteiger partial charge in [-0.15, -0.1) is 0 Å². The Balaban J connectivity index is 1.62. The number of nitrogens with zero attached hydrogens (tertiary/aromatic N) is 2. The van der Waals surface area contributed by atoms with E-state index in [0.717, 1.165) is 27.9 Å². The van der Waals surface area contributed by atoms with Gasteiger partial charge in [-0.25, -0.2) is 4.98 Å². The fourth-order valence-corrected chi connectivity index (χ4v) is 3.15. The maximum Gasteiger partial charge on any atom is 0.227 e. The van der Waals surface area contributed by atoms with Crippen LogP contribution in [0.3, 0.4) is 0 Å². The van der Waals surface area contributed by atoms with E-state index in [-0.39, 0.29) is 11.2 Å². The van der Waals surface area contributed by atoms with E-state index in [1.165, 1.54) is 5.56 Å². The molecule has 29 heavy (non-hydrogen) atoms. The number of phenolic OH excluding ortho intramolecular Hbond substituents is 1. The summed E-state index contributed by atoms with van der Waals surface area (Å²) in [5.74, 6) is 0.806. The van der Waals surface area contributed by atoms with Crippen molar-refractivity contribution in [2.75, 3.05) is 0 Å². The van der Waals surface area contributed by atoms with Gasteiger partial charge in [0.2, 0.25) is 5.89 Å². The molecule has 0 saturated carbocycles. The van der Waals surface area contributed by atoms with Crippen molar-refractivity contribution in [3.05, 3.63) is 77.4 Å². The highest BCUT2D eigenvalue weighted by atomic mass is 16.3. The van der Waals surface area contributed by atoms with E-state index in [1.54, 1.807) is 12.3 Å². The largest absolute Gasteiger partial charge is 0.507 e. The number of aliphatic imine (C=N–C) groups is 1. The van der Waals surface area contributed by atoms with Crippen LogP contribution in [-0.4, -0.2) is 16.3 Å². The summed E-state index contributed by atoms with van der Waals surface area (Å²) in [4.78, 5) is 9.11. The smallest absolute Gasteiger partial charge is 0.227 e. The SMILES string of the molecule is Cc1ccc(O)c(C=Nc2ccc3oc(-c4ccc(C(C)(C)C)cc4)nc3c2)c1. The van der Waals surface area contributed by atoms with E-state index < -0.39 is 0 Å². The molecule has 146 valence electrons. The molecule has 3 aromatic carbocycles. The van der Waals surface area contributed by atoms with Gasteiger partial charge in [0.1, 0.15) is 11.3 Å². The van der Waals surface area contributed by atoms with E-state index in [0.29, 0.717) is 11.5 Å². The molecule has 0 atom stereocenters. The normalized spacial score (nSPS) is 12.1. The zero-order valence-corrected chi connectivity index (χ0v) is 17.1. The van der Waals surface area contributed by atoms with E-state index >= 15 is 0 Å². The summed E-state index contributed by atoms with van der Waals surface area (Å²) >= 11 is 0. The maximum absolute atomic E-state index is 9.97. The van der Waals surface area contributed by atoms with E-state index in [4.69, 9.17) is 4.42 Å². The van der Waals surface area contributed by atoms with Crippen LogP contribution in [0.25, 0.3) is 22.6 Å². The van der Waals surface area contributed by atoms with Crippen molar-refractivity contribution in [3.8, 4) is 17.2 Å². The number of benzene rings is 3. The molecule has 0 spiro atoms. The molecule has 4 heteroatoms. The third-order valence-corrected chi connectivity index (χ3v) is 4.90. The molecule has 4 aromatic rings. The minimum atomic E-state index is 0.110. The van der Waals surface area contributed by atoms with Crippen LogP contribution >= 0.6 is 0 Å². The number of phenols is 1. The van der Waals surface area contributed by atoms with Gasteiger partial charge in [0.15, 0.2) is 5.58 Å². The van der Waals surface area contributed by atoms with Crippen molar-refractivity contribution in [1.29, 1.82) is 0 Å². The number of aromatic nitrogens is 1. The second-order valence-corrected chi connectivity index (χ2v) is 8.32. The summed E-state index contributed by atoms with van der Waals surface area (Å²) in [6.45, 7) is 8.56. The van der Waals surface area contributed by atoms with Crippen molar-refractivity contribution in [2.45, 2.75) is 33.1 Å². The van der Waals surface area contributed by atoms with Crippen LogP contribution in [0.2, 0.25) is 0 Å². The molecule has 1 heterocycles. The minimum absolute atomic E-state index is 0.110. The van der Waals surface area contributed by atoms with Gasteiger partial charge >= 0.3 is 0 Å². The Morgan fingerprint density at radius 2 is 1.72 bits per heavy atom. The minimum Gasteiger partial charge on any atom is -0.507 e. The first kappa shape index (κ1) is 18.9. The zero-order chi connectivity index (χ0) is 20.6. The molecule has 0 fully saturated rings. The number of aryl methyl sites for hydroxylation is 1. The van der Waals surface area contributed by atoms with Gasteiger partial charge in [0.05, 0.1) is 5.69 Å². The first-order valence-electron chi connectivity index (χ1n) is 9.65. The van der Waals surface area contributed by atoms with Crippen LogP contribution in [0.4, 0.5) is 5.69 Å². The molecule has 0 aliphatic rings. The van der Waals surface area contributed by atoms with Gasteiger partial charge < -0.3 is 9.52 Å². The van der Waals surface area contributed by atoms with Gasteiger partial charge in [-0.05, 0) is 60.4 Å². The summed E-state index contributed by atoms with van der Waals surface area (Å²) in [5, 5.41) is 9.97. The highest BCUT2D eigenvalue weighted by Crippen LogP contribution is 2.29. The average Bonchev–Trinajstić information content (AvgIpc) is 3.11. The molecular formula is C25H24N2O2. The van der Waals surface area contributed by atoms with Gasteiger partial charge in [-0.2, -0.15) is 0 Å². The van der Waals surface area contributed by atoms with Crippen molar-refractivity contribution >= 4 is 23.0 Å². The number of aromatic hydroxyl groups is 1. The average molecular weight is 384 g/mol. The Kier molecular flexibility index (Phi) is 4.71. The van der Waals surface area contributed by atoms with Crippen LogP contribution < -0.4 is 0 Å². The molecular weight excluding hydrogens is 360 g/mol. The fourth-order valence-electron chi connectivity index (χ4n) is 3.15. The van der Waals surface area contributed by atoms with Crippen molar-refractivity contribution in [1.82, 2.24) is 4.98 Å². The van der Waals surface area contributed by atoms with Gasteiger partial charge in [0, 0.05) is 17.3 Å². The van der Waals surface area contributed by atoms with Gasteiger partial charge in [0.25, 0.3) is 0 Å². The first-order valence-corrected chi connectivity index (χ1v) is 9.65. The highest BCUT2D eigenvalue weighted by molar-refractivity contribution is 5.87. The Bertz CT molecular complexity index is 1200. The Morgan fingerprint density at radius 1 is 0.966 bits per heavy atom. The number of oxazole rings is 1. The molecule has 4 rings (SSSR count). The van der Waals surface area contributed by atoms with E-state index in [2.05, 4.69) is 42.9 Å². The second-order valence-electron chi connectivity index (χ2n) is 8.32. The van der Waals surface area contributed by atoms with Crippen molar-refractivity contribution < 1.29 is 9.52 Å². The molecule has 0 radical (unpaired) electrons. The first-order chi connectivity index (χ1) is 13.8. The van der Waals surface area contributed by atoms with Gasteiger partial charge in [-0.1, -0.05) is 44.5 Å². The molecule has 0 saturated heterocycles. The second kappa shape index (κ2) is 7.21. The van der Waals surface area contributed by atoms with Crippen LogP contribution in [0, 0.1) is 6.92 Å². The van der Waals surface area contributed by atoms with Crippen LogP contribution in [0.1, 0.15) is 37.5 Å². The lowest BCUT2D eigenvalue weighted by Crippen LogP contribution is -2.10. The van der Waals surface area contributed by atoms with Crippen molar-refractivity contribution in [3.63, 3.8) is 0 Å². The standard InChI is InChI=1S/C25H24N2O2/c1-16-5-11-22(28)18(13-16)15-26-20-10-12-23-21(14-20)27-24(29-23)17-6-8-19(9-7-17)25(2,3)4/h5-15,28H,1-4H3. The molecule has 1 aromatic heterocycles. The number of fused-ring (bicyclic) bond motifs is 1. The summed E-state index contributed by atoms with van der Waals surface area (Å²) < 4.78 is 5.93. The third-order valence-electron chi connectivity index (χ3n) is 4.90. The van der Waals surface area contributed by atoms with Gasteiger partial charge in [-0.3, -0.25) is 4.99 Å². The Morgan fingerprint density at radius 3 is 2.45 bits per heavy atom. The van der Waals surface area contributed by atoms with E-state index in [1.807, 2.05) is 49.4 Å². The monoisotopic (exact) mass is 384 g/mol. The van der Waals surface area contributed by atoms with Crippen LogP contribution in [0.5, 0.6) is 5.75 Å². The predicted octanol–water partition coefficient (Wildman–Crippen LogP) is 6.56. The summed E-state index contributed by atoms with van der Waals surface area (Å²) in [5.41, 5.74) is 6.31. The lowest BCUT2D eigenvalue weighted by molar-refractivity contribution is 0.474. The lowest BCUT2D eigenvalue weighted by Gasteiger charge is -2.18. The summed E-state index contributed by atoms with van der Waals surface area (Å²) in [6, 6.07) is 19.4. The Labute approximate surface area is 170 Å². The summed E-state index contributed by atoms with van der Waals surface area (Å²) in [6.07, 6.45) is 1.66. The fraction of sp³-hybridized carbons (Fsp3) is 0.200. The number of rotatable bonds is 3. The van der Waals surface area contributed by atoms with E-state index in [9.17, 15) is 5.11 Å². The zero-order valence-electron chi connectivity index (χ0n) is 17.1. The number of hydrogen-bond donors (Lipinski definition) is 1. The maximum atomic E-state index is 9.97. The topological polar surface area (TPSA) is 58.6 Å². The van der Waals surface area contributed by atoms with Crippen LogP contribution in [0.15, 0.2) is 70.1 Å². The van der Waals surface area contributed by atoms with Crippen molar-refractivity contribution in [2.24, 2.45) is 4.99 Å². The molecule has 0 amide bonds. The quantitative estimate of drug-likeness (QED) is 0.407. The molecule has 4 nitrogen and oxygen atoms in total. The molecule has 0 aliphatic carbocycles. The molecule has 0 aliphatic heterocycles. The molecule has 0 bridgehead atoms. The molecule has 1 N–H and O–H groups in total. The third kappa shape index (κ3) is 4.06. The van der Waals surface area contributed by atoms with Crippen LogP contribution in [-0.2, 0) is 5.41 Å². The highest BCUT2D eigenvalue weighted by Gasteiger charge is 2.14. The number of hydrogen-bond acceptors (Lipinski definition) is 4. The summed E-state index contributed by atoms with van der Waals surface area (Å²) in [7, 11) is 0. The lowest BCUT2D eigenvalue weighted by atomic mass is 9.87. The Hall–Kier alpha value is -3.40. The molecule has 0 unspecified atom stereocenters. The predicted molar refractivity (Wildman–Crippen MR) is 118 cm³/mol.